The van der Waals surface area contributed by atoms with Gasteiger partial charge in [0, 0.05) is 12.2 Å². The van der Waals surface area contributed by atoms with E-state index in [1.54, 1.807) is 0 Å². The fourth-order valence-corrected chi connectivity index (χ4v) is 2.57. The fraction of sp³-hybridized carbons (Fsp3) is 0.692. The maximum absolute atomic E-state index is 11.3. The molecule has 0 fully saturated rings. The summed E-state index contributed by atoms with van der Waals surface area (Å²) in [6.45, 7) is 2.76. The summed E-state index contributed by atoms with van der Waals surface area (Å²) >= 11 is 0. The molecule has 1 aromatic heterocycles. The summed E-state index contributed by atoms with van der Waals surface area (Å²) in [6.07, 6.45) is 5.21. The molecule has 0 aromatic carbocycles. The van der Waals surface area contributed by atoms with Crippen LogP contribution in [0.5, 0.6) is 0 Å². The van der Waals surface area contributed by atoms with Crippen molar-refractivity contribution < 1.29 is 9.53 Å². The number of hydrogen-bond acceptors (Lipinski definition) is 4. The van der Waals surface area contributed by atoms with Crippen molar-refractivity contribution in [3.05, 3.63) is 17.2 Å². The number of fused-ring (bicyclic) bond motifs is 1. The number of aryl methyl sites for hydroxylation is 2. The summed E-state index contributed by atoms with van der Waals surface area (Å²) in [4.78, 5) is 15.9. The van der Waals surface area contributed by atoms with Crippen molar-refractivity contribution in [2.45, 2.75) is 51.6 Å². The van der Waals surface area contributed by atoms with Crippen LogP contribution in [0.15, 0.2) is 0 Å². The third-order valence-electron chi connectivity index (χ3n) is 3.59. The van der Waals surface area contributed by atoms with Crippen molar-refractivity contribution >= 4 is 5.97 Å². The molecule has 1 unspecified atom stereocenters. The lowest BCUT2D eigenvalue weighted by Crippen LogP contribution is -2.33. The Morgan fingerprint density at radius 1 is 1.50 bits per heavy atom. The van der Waals surface area contributed by atoms with Gasteiger partial charge in [0.25, 0.3) is 0 Å². The van der Waals surface area contributed by atoms with Crippen LogP contribution >= 0.6 is 0 Å². The van der Waals surface area contributed by atoms with E-state index < -0.39 is 6.04 Å². The zero-order valence-corrected chi connectivity index (χ0v) is 11.1. The molecule has 0 saturated carbocycles. The van der Waals surface area contributed by atoms with E-state index in [4.69, 9.17) is 5.73 Å². The highest BCUT2D eigenvalue weighted by molar-refractivity contribution is 5.75. The van der Waals surface area contributed by atoms with E-state index in [9.17, 15) is 4.79 Å². The Hall–Kier alpha value is -1.36. The lowest BCUT2D eigenvalue weighted by atomic mass is 10.0. The van der Waals surface area contributed by atoms with Gasteiger partial charge in [0.1, 0.15) is 11.9 Å². The smallest absolute Gasteiger partial charge is 0.322 e. The minimum Gasteiger partial charge on any atom is -0.468 e. The molecule has 1 atom stereocenters. The van der Waals surface area contributed by atoms with Crippen LogP contribution in [0, 0.1) is 6.92 Å². The Morgan fingerprint density at radius 2 is 2.22 bits per heavy atom. The number of aromatic nitrogens is 2. The second kappa shape index (κ2) is 5.52. The average molecular weight is 251 g/mol. The third-order valence-corrected chi connectivity index (χ3v) is 3.59. The zero-order valence-electron chi connectivity index (χ0n) is 11.1. The SMILES string of the molecule is COC(=O)C(N)CCn1c(C)nc2c1CCCC2. The number of rotatable bonds is 4. The van der Waals surface area contributed by atoms with Gasteiger partial charge in [0.15, 0.2) is 0 Å². The van der Waals surface area contributed by atoms with E-state index in [-0.39, 0.29) is 5.97 Å². The molecule has 0 spiro atoms. The van der Waals surface area contributed by atoms with Crippen LogP contribution in [0.3, 0.4) is 0 Å². The summed E-state index contributed by atoms with van der Waals surface area (Å²) in [6, 6.07) is -0.545. The monoisotopic (exact) mass is 251 g/mol. The Balaban J connectivity index is 2.05. The minimum absolute atomic E-state index is 0.346. The van der Waals surface area contributed by atoms with Gasteiger partial charge in [0.2, 0.25) is 0 Å². The molecule has 0 bridgehead atoms. The third kappa shape index (κ3) is 2.56. The molecule has 0 radical (unpaired) electrons. The highest BCUT2D eigenvalue weighted by Crippen LogP contribution is 2.22. The highest BCUT2D eigenvalue weighted by atomic mass is 16.5. The number of esters is 1. The first-order chi connectivity index (χ1) is 8.63. The first-order valence-corrected chi connectivity index (χ1v) is 6.51. The van der Waals surface area contributed by atoms with Gasteiger partial charge in [-0.3, -0.25) is 4.79 Å². The number of methoxy groups -OCH3 is 1. The van der Waals surface area contributed by atoms with Crippen molar-refractivity contribution in [1.29, 1.82) is 0 Å². The summed E-state index contributed by atoms with van der Waals surface area (Å²) in [5.74, 6) is 0.681. The van der Waals surface area contributed by atoms with Gasteiger partial charge in [0.05, 0.1) is 12.8 Å². The van der Waals surface area contributed by atoms with Crippen LogP contribution in [0.25, 0.3) is 0 Å². The number of carbonyl (C=O) groups excluding carboxylic acids is 1. The molecular weight excluding hydrogens is 230 g/mol. The summed E-state index contributed by atoms with van der Waals surface area (Å²) in [7, 11) is 1.37. The van der Waals surface area contributed by atoms with E-state index in [1.165, 1.54) is 31.3 Å². The molecule has 1 aliphatic rings. The maximum Gasteiger partial charge on any atom is 0.322 e. The lowest BCUT2D eigenvalue weighted by molar-refractivity contribution is -0.142. The lowest BCUT2D eigenvalue weighted by Gasteiger charge is -2.16. The van der Waals surface area contributed by atoms with Crippen molar-refractivity contribution in [2.24, 2.45) is 5.73 Å². The van der Waals surface area contributed by atoms with Gasteiger partial charge in [-0.25, -0.2) is 4.98 Å². The van der Waals surface area contributed by atoms with Gasteiger partial charge in [-0.15, -0.1) is 0 Å². The van der Waals surface area contributed by atoms with Crippen LogP contribution in [-0.2, 0) is 28.9 Å². The van der Waals surface area contributed by atoms with Gasteiger partial charge >= 0.3 is 5.97 Å². The van der Waals surface area contributed by atoms with E-state index >= 15 is 0 Å². The number of carbonyl (C=O) groups is 1. The van der Waals surface area contributed by atoms with E-state index in [1.807, 2.05) is 6.92 Å². The Morgan fingerprint density at radius 3 is 2.94 bits per heavy atom. The largest absolute Gasteiger partial charge is 0.468 e. The quantitative estimate of drug-likeness (QED) is 0.809. The second-order valence-corrected chi connectivity index (χ2v) is 4.83. The average Bonchev–Trinajstić information content (AvgIpc) is 2.70. The van der Waals surface area contributed by atoms with Crippen molar-refractivity contribution in [3.63, 3.8) is 0 Å². The number of ether oxygens (including phenoxy) is 1. The van der Waals surface area contributed by atoms with E-state index in [2.05, 4.69) is 14.3 Å². The molecule has 5 heteroatoms. The van der Waals surface area contributed by atoms with Gasteiger partial charge in [-0.05, 0) is 39.0 Å². The predicted octanol–water partition coefficient (Wildman–Crippen LogP) is 0.961. The molecule has 1 aromatic rings. The first kappa shape index (κ1) is 13.1. The highest BCUT2D eigenvalue weighted by Gasteiger charge is 2.19. The standard InChI is InChI=1S/C13H21N3O2/c1-9-15-11-5-3-4-6-12(11)16(9)8-7-10(14)13(17)18-2/h10H,3-8,14H2,1-2H3. The van der Waals surface area contributed by atoms with Gasteiger partial charge < -0.3 is 15.0 Å². The number of imidazole rings is 1. The van der Waals surface area contributed by atoms with E-state index in [0.29, 0.717) is 6.42 Å². The Bertz CT molecular complexity index is 440. The summed E-state index contributed by atoms with van der Waals surface area (Å²) < 4.78 is 6.84. The van der Waals surface area contributed by atoms with Crippen molar-refractivity contribution in [2.75, 3.05) is 7.11 Å². The van der Waals surface area contributed by atoms with E-state index in [0.717, 1.165) is 25.2 Å². The topological polar surface area (TPSA) is 70.1 Å². The Kier molecular flexibility index (Phi) is 4.01. The molecule has 2 rings (SSSR count). The fourth-order valence-electron chi connectivity index (χ4n) is 2.57. The van der Waals surface area contributed by atoms with Crippen LogP contribution < -0.4 is 5.73 Å². The molecule has 18 heavy (non-hydrogen) atoms. The zero-order chi connectivity index (χ0) is 13.1. The number of nitrogens with zero attached hydrogens (tertiary/aromatic N) is 2. The van der Waals surface area contributed by atoms with Crippen LogP contribution in [0.2, 0.25) is 0 Å². The van der Waals surface area contributed by atoms with Gasteiger partial charge in [-0.1, -0.05) is 0 Å². The maximum atomic E-state index is 11.3. The van der Waals surface area contributed by atoms with Gasteiger partial charge in [-0.2, -0.15) is 0 Å². The molecule has 2 N–H and O–H groups in total. The summed E-state index contributed by atoms with van der Waals surface area (Å²) in [5, 5.41) is 0. The molecule has 5 nitrogen and oxygen atoms in total. The summed E-state index contributed by atoms with van der Waals surface area (Å²) in [5.41, 5.74) is 8.32. The van der Waals surface area contributed by atoms with Crippen LogP contribution in [-0.4, -0.2) is 28.7 Å². The molecule has 1 aliphatic carbocycles. The normalized spacial score (nSPS) is 16.2. The second-order valence-electron chi connectivity index (χ2n) is 4.83. The molecule has 100 valence electrons. The predicted molar refractivity (Wildman–Crippen MR) is 68.2 cm³/mol. The number of hydrogen-bond donors (Lipinski definition) is 1. The molecule has 0 saturated heterocycles. The van der Waals surface area contributed by atoms with Crippen molar-refractivity contribution in [3.8, 4) is 0 Å². The molecule has 0 aliphatic heterocycles. The molecule has 1 heterocycles. The minimum atomic E-state index is -0.545. The van der Waals surface area contributed by atoms with Crippen LogP contribution in [0.1, 0.15) is 36.5 Å². The van der Waals surface area contributed by atoms with Crippen molar-refractivity contribution in [1.82, 2.24) is 9.55 Å². The molecule has 0 amide bonds. The first-order valence-electron chi connectivity index (χ1n) is 6.51. The molecular formula is C13H21N3O2. The number of nitrogens with two attached hydrogens (primary N) is 1. The Labute approximate surface area is 107 Å². The van der Waals surface area contributed by atoms with Crippen LogP contribution in [0.4, 0.5) is 0 Å².